The summed E-state index contributed by atoms with van der Waals surface area (Å²) < 4.78 is 39.4. The molecular formula is C40H61N3O24. The van der Waals surface area contributed by atoms with Crippen LogP contribution in [0.25, 0.3) is 0 Å². The van der Waals surface area contributed by atoms with E-state index in [1.54, 1.807) is 0 Å². The number of benzene rings is 1. The lowest BCUT2D eigenvalue weighted by Crippen LogP contribution is -2.71. The fraction of sp³-hybridized carbons (Fsp3) is 0.750. The molecule has 0 aromatic heterocycles. The van der Waals surface area contributed by atoms with Gasteiger partial charge in [-0.2, -0.15) is 0 Å². The predicted molar refractivity (Wildman–Crippen MR) is 218 cm³/mol. The Balaban J connectivity index is 1.59. The fourth-order valence-corrected chi connectivity index (χ4v) is 7.89. The molecule has 380 valence electrons. The van der Waals surface area contributed by atoms with E-state index in [0.29, 0.717) is 19.3 Å². The van der Waals surface area contributed by atoms with Gasteiger partial charge < -0.3 is 100.0 Å². The van der Waals surface area contributed by atoms with Crippen molar-refractivity contribution >= 4 is 29.4 Å². The number of nitro groups is 1. The maximum atomic E-state index is 13.5. The van der Waals surface area contributed by atoms with Crippen LogP contribution < -0.4 is 10.6 Å². The summed E-state index contributed by atoms with van der Waals surface area (Å²) in [7, 11) is 1.30. The predicted octanol–water partition coefficient (Wildman–Crippen LogP) is -4.24. The Hall–Kier alpha value is -4.30. The monoisotopic (exact) mass is 967 g/mol. The molecule has 0 radical (unpaired) electrons. The molecule has 3 aliphatic rings. The molecule has 0 spiro atoms. The van der Waals surface area contributed by atoms with E-state index in [2.05, 4.69) is 15.4 Å². The molecule has 11 unspecified atom stereocenters. The minimum atomic E-state index is -3.12. The number of amides is 2. The van der Waals surface area contributed by atoms with Crippen molar-refractivity contribution < 1.29 is 113 Å². The van der Waals surface area contributed by atoms with Crippen LogP contribution in [0.1, 0.15) is 68.6 Å². The summed E-state index contributed by atoms with van der Waals surface area (Å²) in [5.41, 5.74) is -1.03. The highest BCUT2D eigenvalue weighted by atomic mass is 16.8. The number of carboxylic acids is 1. The van der Waals surface area contributed by atoms with Gasteiger partial charge in [0.05, 0.1) is 44.0 Å². The molecule has 3 aliphatic heterocycles. The zero-order valence-corrected chi connectivity index (χ0v) is 36.6. The van der Waals surface area contributed by atoms with E-state index >= 15 is 0 Å². The van der Waals surface area contributed by atoms with Crippen molar-refractivity contribution in [3.05, 3.63) is 33.9 Å². The van der Waals surface area contributed by atoms with E-state index in [0.717, 1.165) is 44.4 Å². The van der Waals surface area contributed by atoms with Crippen LogP contribution in [0.4, 0.5) is 5.69 Å². The summed E-state index contributed by atoms with van der Waals surface area (Å²) >= 11 is 0. The normalized spacial score (nSPS) is 33.0. The minimum absolute atomic E-state index is 0.0159. The number of carboxylic acid groups (broad SMARTS) is 1. The van der Waals surface area contributed by atoms with Crippen molar-refractivity contribution in [2.24, 2.45) is 0 Å². The summed E-state index contributed by atoms with van der Waals surface area (Å²) in [6.45, 7) is -2.07. The summed E-state index contributed by atoms with van der Waals surface area (Å²) in [5.74, 6) is -8.13. The van der Waals surface area contributed by atoms with Gasteiger partial charge in [-0.3, -0.25) is 24.5 Å². The zero-order chi connectivity index (χ0) is 49.7. The van der Waals surface area contributed by atoms with Crippen LogP contribution in [-0.4, -0.2) is 216 Å². The number of nitro benzene ring substituents is 1. The first kappa shape index (κ1) is 55.3. The third-order valence-electron chi connectivity index (χ3n) is 11.5. The van der Waals surface area contributed by atoms with Gasteiger partial charge in [-0.1, -0.05) is 25.7 Å². The lowest BCUT2D eigenvalue weighted by Gasteiger charge is -2.51. The van der Waals surface area contributed by atoms with Gasteiger partial charge in [-0.15, -0.1) is 0 Å². The van der Waals surface area contributed by atoms with E-state index in [4.69, 9.17) is 28.4 Å². The van der Waals surface area contributed by atoms with Gasteiger partial charge >= 0.3 is 17.6 Å². The standard InChI is InChI=1S/C40H61N3O24/c1-18(47)41-27-22(49)14-40(39(57)58,66-34(27)29(52)23(50)15-44)67-35-30(53)24(16-45)63-38(32(35)55)65-33-25(17-46)64-37(62-12-8-6-4-3-5-7-9-26(51)61-2)28(31(33)54)42-36(56)19-10-11-20(43(59)60)21(48)13-19/h10-11,13,22-25,27-35,37-38,44-46,48-50,52-55H,3-9,12,14-17H2,1-2H3,(H,41,47)(H,42,56)(H,57,58)/t22?,23?,24?,25?,27-,28?,29?,30+,31?,32?,33-,34?,35?,37-,38?,40+/m1/s1. The molecule has 0 saturated carbocycles. The van der Waals surface area contributed by atoms with Crippen LogP contribution in [0.5, 0.6) is 5.75 Å². The van der Waals surface area contributed by atoms with Gasteiger partial charge in [0.15, 0.2) is 18.3 Å². The molecule has 16 atom stereocenters. The number of carbonyl (C=O) groups is 4. The highest BCUT2D eigenvalue weighted by molar-refractivity contribution is 5.95. The number of aliphatic carboxylic acids is 1. The van der Waals surface area contributed by atoms with Gasteiger partial charge in [0.1, 0.15) is 67.1 Å². The molecule has 0 aliphatic carbocycles. The third-order valence-corrected chi connectivity index (χ3v) is 11.5. The number of hydrogen-bond donors (Lipinski definition) is 13. The highest BCUT2D eigenvalue weighted by Gasteiger charge is 2.60. The van der Waals surface area contributed by atoms with Crippen molar-refractivity contribution in [1.82, 2.24) is 10.6 Å². The second kappa shape index (κ2) is 25.3. The number of nitrogens with one attached hydrogen (secondary N) is 2. The quantitative estimate of drug-likeness (QED) is 0.0202. The van der Waals surface area contributed by atoms with Gasteiger partial charge in [0.2, 0.25) is 5.91 Å². The molecule has 3 heterocycles. The Morgan fingerprint density at radius 2 is 1.52 bits per heavy atom. The van der Waals surface area contributed by atoms with E-state index in [-0.39, 0.29) is 24.6 Å². The molecule has 3 fully saturated rings. The van der Waals surface area contributed by atoms with E-state index < -0.39 is 158 Å². The van der Waals surface area contributed by atoms with Crippen molar-refractivity contribution in [3.8, 4) is 5.75 Å². The largest absolute Gasteiger partial charge is 0.502 e. The van der Waals surface area contributed by atoms with Gasteiger partial charge in [-0.05, 0) is 25.0 Å². The summed E-state index contributed by atoms with van der Waals surface area (Å²) in [4.78, 5) is 60.2. The number of nitrogens with zero attached hydrogens (tertiary/aromatic N) is 1. The molecule has 27 heteroatoms. The number of aromatic hydroxyl groups is 1. The molecule has 3 saturated heterocycles. The van der Waals surface area contributed by atoms with Crippen molar-refractivity contribution in [3.63, 3.8) is 0 Å². The van der Waals surface area contributed by atoms with E-state index in [1.165, 1.54) is 7.11 Å². The average Bonchev–Trinajstić information content (AvgIpc) is 3.29. The van der Waals surface area contributed by atoms with Gasteiger partial charge in [0, 0.05) is 38.0 Å². The van der Waals surface area contributed by atoms with Crippen LogP contribution in [0, 0.1) is 10.1 Å². The molecular weight excluding hydrogens is 906 g/mol. The summed E-state index contributed by atoms with van der Waals surface area (Å²) in [6.07, 6.45) is -22.3. The Kier molecular flexibility index (Phi) is 20.9. The molecule has 1 aromatic carbocycles. The second-order valence-corrected chi connectivity index (χ2v) is 16.3. The highest BCUT2D eigenvalue weighted by Crippen LogP contribution is 2.38. The molecule has 2 amide bonds. The number of carbonyl (C=O) groups excluding carboxylic acids is 3. The maximum absolute atomic E-state index is 13.5. The Labute approximate surface area is 382 Å². The number of esters is 1. The molecule has 4 rings (SSSR count). The number of rotatable bonds is 24. The van der Waals surface area contributed by atoms with E-state index in [9.17, 15) is 85.5 Å². The number of phenols is 1. The topological polar surface area (TPSA) is 423 Å². The number of unbranched alkanes of at least 4 members (excludes halogenated alkanes) is 5. The van der Waals surface area contributed by atoms with Crippen molar-refractivity contribution in [1.29, 1.82) is 0 Å². The van der Waals surface area contributed by atoms with Crippen molar-refractivity contribution in [2.45, 2.75) is 156 Å². The summed E-state index contributed by atoms with van der Waals surface area (Å²) in [6, 6.07) is -0.570. The molecule has 0 bridgehead atoms. The fourth-order valence-electron chi connectivity index (χ4n) is 7.89. The van der Waals surface area contributed by atoms with Crippen LogP contribution in [0.2, 0.25) is 0 Å². The Morgan fingerprint density at radius 1 is 0.881 bits per heavy atom. The third kappa shape index (κ3) is 13.9. The first-order valence-electron chi connectivity index (χ1n) is 21.4. The smallest absolute Gasteiger partial charge is 0.364 e. The molecule has 67 heavy (non-hydrogen) atoms. The maximum Gasteiger partial charge on any atom is 0.364 e. The number of hydrogen-bond acceptors (Lipinski definition) is 23. The Morgan fingerprint density at radius 3 is 2.10 bits per heavy atom. The Bertz CT molecular complexity index is 1810. The molecule has 1 aromatic rings. The summed E-state index contributed by atoms with van der Waals surface area (Å²) in [5, 5.41) is 134. The number of phenolic OH excluding ortho intramolecular Hbond substituents is 1. The van der Waals surface area contributed by atoms with Gasteiger partial charge in [-0.25, -0.2) is 4.79 Å². The van der Waals surface area contributed by atoms with Crippen molar-refractivity contribution in [2.75, 3.05) is 33.5 Å². The number of aliphatic hydroxyl groups is 9. The lowest BCUT2D eigenvalue weighted by molar-refractivity contribution is -0.385. The second-order valence-electron chi connectivity index (χ2n) is 16.3. The molecule has 13 N–H and O–H groups in total. The lowest BCUT2D eigenvalue weighted by atomic mass is 9.88. The van der Waals surface area contributed by atoms with Gasteiger partial charge in [0.25, 0.3) is 11.7 Å². The van der Waals surface area contributed by atoms with Crippen LogP contribution in [-0.2, 0) is 47.5 Å². The first-order chi connectivity index (χ1) is 31.7. The SMILES string of the molecule is COC(=O)CCCCCCCCO[C@@H]1OC(CO)[C@@H](OC2OC(CO)[C@H](O)C(O[C@]3(C(=O)O)CC(O)[C@@H](NC(C)=O)C(C(O)C(O)CO)O3)C2O)C(O)C1NC(=O)c1ccc([N+](=O)[O-])c(O)c1. The van der Waals surface area contributed by atoms with E-state index in [1.807, 2.05) is 0 Å². The first-order valence-corrected chi connectivity index (χ1v) is 21.4. The van der Waals surface area contributed by atoms with Crippen LogP contribution >= 0.6 is 0 Å². The number of methoxy groups -OCH3 is 1. The minimum Gasteiger partial charge on any atom is -0.502 e. The zero-order valence-electron chi connectivity index (χ0n) is 36.6. The van der Waals surface area contributed by atoms with Crippen LogP contribution in [0.3, 0.4) is 0 Å². The number of ether oxygens (including phenoxy) is 7. The van der Waals surface area contributed by atoms with Crippen LogP contribution in [0.15, 0.2) is 18.2 Å². The number of aliphatic hydroxyl groups excluding tert-OH is 9. The molecule has 27 nitrogen and oxygen atoms in total. The average molecular weight is 968 g/mol.